The maximum atomic E-state index is 12.5. The number of hydrogen-bond acceptors (Lipinski definition) is 4. The predicted molar refractivity (Wildman–Crippen MR) is 108 cm³/mol. The normalized spacial score (nSPS) is 10.8. The number of aromatic nitrogens is 4. The average Bonchev–Trinajstić information content (AvgIpc) is 3.22. The van der Waals surface area contributed by atoms with Gasteiger partial charge in [0.2, 0.25) is 0 Å². The molecule has 2 heterocycles. The van der Waals surface area contributed by atoms with Gasteiger partial charge in [0.25, 0.3) is 5.91 Å². The number of anilines is 1. The average molecular weight is 487 g/mol. The standard InChI is InChI=1S/C17H14BrCl2N5O3/c18-12-9-24(8-10-1-2-11(19)7-13(10)20)23-16(12)22-17(28)14-3-5-21-25(14)6-4-15(26)27/h1-3,5,7,9H,4,6,8H2,(H,26,27)(H,22,23,28). The van der Waals surface area contributed by atoms with Crippen molar-refractivity contribution in [2.45, 2.75) is 19.5 Å². The van der Waals surface area contributed by atoms with E-state index in [-0.39, 0.29) is 18.7 Å². The highest BCUT2D eigenvalue weighted by Gasteiger charge is 2.17. The molecule has 0 spiro atoms. The first-order valence-electron chi connectivity index (χ1n) is 8.05. The lowest BCUT2D eigenvalue weighted by molar-refractivity contribution is -0.137. The number of halogens is 3. The van der Waals surface area contributed by atoms with Gasteiger partial charge in [-0.3, -0.25) is 19.0 Å². The number of amides is 1. The van der Waals surface area contributed by atoms with Crippen LogP contribution >= 0.6 is 39.1 Å². The number of carboxylic acid groups (broad SMARTS) is 1. The number of hydrogen-bond donors (Lipinski definition) is 2. The Morgan fingerprint density at radius 1 is 1.25 bits per heavy atom. The molecule has 0 saturated carbocycles. The molecule has 2 aromatic heterocycles. The van der Waals surface area contributed by atoms with Gasteiger partial charge < -0.3 is 10.4 Å². The van der Waals surface area contributed by atoms with Gasteiger partial charge >= 0.3 is 5.97 Å². The van der Waals surface area contributed by atoms with Gasteiger partial charge in [0, 0.05) is 22.4 Å². The molecule has 0 aliphatic rings. The van der Waals surface area contributed by atoms with Crippen LogP contribution in [0.2, 0.25) is 10.0 Å². The number of nitrogens with zero attached hydrogens (tertiary/aromatic N) is 4. The molecule has 1 aromatic carbocycles. The topological polar surface area (TPSA) is 102 Å². The molecule has 0 atom stereocenters. The summed E-state index contributed by atoms with van der Waals surface area (Å²) in [7, 11) is 0. The minimum absolute atomic E-state index is 0.0930. The number of benzene rings is 1. The van der Waals surface area contributed by atoms with E-state index in [1.807, 2.05) is 0 Å². The summed E-state index contributed by atoms with van der Waals surface area (Å²) in [6.45, 7) is 0.483. The van der Waals surface area contributed by atoms with E-state index >= 15 is 0 Å². The van der Waals surface area contributed by atoms with E-state index in [9.17, 15) is 9.59 Å². The van der Waals surface area contributed by atoms with Crippen molar-refractivity contribution in [1.82, 2.24) is 19.6 Å². The summed E-state index contributed by atoms with van der Waals surface area (Å²) in [4.78, 5) is 23.3. The van der Waals surface area contributed by atoms with Crippen molar-refractivity contribution in [3.8, 4) is 0 Å². The first-order chi connectivity index (χ1) is 13.3. The molecule has 0 radical (unpaired) electrons. The molecule has 3 aromatic rings. The molecule has 0 unspecified atom stereocenters. The van der Waals surface area contributed by atoms with Crippen molar-refractivity contribution >= 4 is 56.8 Å². The molecule has 0 aliphatic heterocycles. The molecule has 0 aliphatic carbocycles. The Balaban J connectivity index is 1.72. The van der Waals surface area contributed by atoms with Gasteiger partial charge in [0.15, 0.2) is 5.82 Å². The second-order valence-electron chi connectivity index (χ2n) is 5.80. The number of aryl methyl sites for hydroxylation is 1. The van der Waals surface area contributed by atoms with Gasteiger partial charge in [0.05, 0.1) is 24.0 Å². The fraction of sp³-hybridized carbons (Fsp3) is 0.176. The molecule has 1 amide bonds. The summed E-state index contributed by atoms with van der Waals surface area (Å²) >= 11 is 15.5. The van der Waals surface area contributed by atoms with Gasteiger partial charge in [-0.15, -0.1) is 0 Å². The third-order valence-electron chi connectivity index (χ3n) is 3.78. The van der Waals surface area contributed by atoms with Gasteiger partial charge in [-0.05, 0) is 39.7 Å². The lowest BCUT2D eigenvalue weighted by atomic mass is 10.2. The molecule has 0 bridgehead atoms. The van der Waals surface area contributed by atoms with Crippen molar-refractivity contribution in [3.63, 3.8) is 0 Å². The monoisotopic (exact) mass is 485 g/mol. The van der Waals surface area contributed by atoms with Crippen LogP contribution in [0.1, 0.15) is 22.5 Å². The SMILES string of the molecule is O=C(O)CCn1nccc1C(=O)Nc1nn(Cc2ccc(Cl)cc2Cl)cc1Br. The highest BCUT2D eigenvalue weighted by Crippen LogP contribution is 2.25. The molecule has 28 heavy (non-hydrogen) atoms. The van der Waals surface area contributed by atoms with E-state index < -0.39 is 11.9 Å². The molecular weight excluding hydrogens is 473 g/mol. The third kappa shape index (κ3) is 4.92. The van der Waals surface area contributed by atoms with Crippen LogP contribution in [0.15, 0.2) is 41.1 Å². The fourth-order valence-electron chi connectivity index (χ4n) is 2.46. The van der Waals surface area contributed by atoms with E-state index in [0.717, 1.165) is 5.56 Å². The number of aliphatic carboxylic acids is 1. The maximum Gasteiger partial charge on any atom is 0.305 e. The van der Waals surface area contributed by atoms with Crippen LogP contribution in [0.5, 0.6) is 0 Å². The Labute approximate surface area is 178 Å². The highest BCUT2D eigenvalue weighted by atomic mass is 79.9. The van der Waals surface area contributed by atoms with Crippen LogP contribution in [0.4, 0.5) is 5.82 Å². The minimum atomic E-state index is -0.968. The van der Waals surface area contributed by atoms with E-state index in [2.05, 4.69) is 31.4 Å². The number of nitrogens with one attached hydrogen (secondary N) is 1. The lowest BCUT2D eigenvalue weighted by Gasteiger charge is -2.07. The highest BCUT2D eigenvalue weighted by molar-refractivity contribution is 9.10. The van der Waals surface area contributed by atoms with Crippen LogP contribution in [0.25, 0.3) is 0 Å². The van der Waals surface area contributed by atoms with Crippen LogP contribution in [0.3, 0.4) is 0 Å². The minimum Gasteiger partial charge on any atom is -0.481 e. The Hall–Kier alpha value is -2.36. The van der Waals surface area contributed by atoms with Crippen molar-refractivity contribution in [1.29, 1.82) is 0 Å². The van der Waals surface area contributed by atoms with Crippen molar-refractivity contribution in [2.75, 3.05) is 5.32 Å². The summed E-state index contributed by atoms with van der Waals surface area (Å²) in [6, 6.07) is 6.70. The summed E-state index contributed by atoms with van der Waals surface area (Å²) in [6.07, 6.45) is 3.01. The summed E-state index contributed by atoms with van der Waals surface area (Å²) in [5, 5.41) is 20.9. The quantitative estimate of drug-likeness (QED) is 0.526. The second-order valence-corrected chi connectivity index (χ2v) is 7.49. The van der Waals surface area contributed by atoms with Gasteiger partial charge in [-0.1, -0.05) is 29.3 Å². The Bertz CT molecular complexity index is 1030. The zero-order valence-corrected chi connectivity index (χ0v) is 17.4. The Morgan fingerprint density at radius 2 is 2.04 bits per heavy atom. The zero-order valence-electron chi connectivity index (χ0n) is 14.3. The molecule has 0 fully saturated rings. The molecule has 0 saturated heterocycles. The molecule has 3 rings (SSSR count). The van der Waals surface area contributed by atoms with Crippen molar-refractivity contribution in [2.24, 2.45) is 0 Å². The summed E-state index contributed by atoms with van der Waals surface area (Å²) in [5.41, 5.74) is 1.06. The first kappa shape index (κ1) is 20.4. The van der Waals surface area contributed by atoms with Gasteiger partial charge in [0.1, 0.15) is 5.69 Å². The Kier molecular flexibility index (Phi) is 6.38. The van der Waals surface area contributed by atoms with Gasteiger partial charge in [-0.2, -0.15) is 10.2 Å². The number of carbonyl (C=O) groups excluding carboxylic acids is 1. The smallest absolute Gasteiger partial charge is 0.305 e. The van der Waals surface area contributed by atoms with E-state index in [4.69, 9.17) is 28.3 Å². The molecule has 8 nitrogen and oxygen atoms in total. The van der Waals surface area contributed by atoms with Crippen LogP contribution in [-0.4, -0.2) is 36.5 Å². The molecule has 2 N–H and O–H groups in total. The predicted octanol–water partition coefficient (Wildman–Crippen LogP) is 3.92. The fourth-order valence-corrected chi connectivity index (χ4v) is 3.35. The third-order valence-corrected chi connectivity index (χ3v) is 4.95. The largest absolute Gasteiger partial charge is 0.481 e. The van der Waals surface area contributed by atoms with E-state index in [1.54, 1.807) is 29.1 Å². The van der Waals surface area contributed by atoms with Crippen LogP contribution < -0.4 is 5.32 Å². The van der Waals surface area contributed by atoms with Crippen molar-refractivity contribution in [3.05, 3.63) is 62.4 Å². The number of rotatable bonds is 7. The zero-order chi connectivity index (χ0) is 20.3. The summed E-state index contributed by atoms with van der Waals surface area (Å²) in [5.74, 6) is -1.09. The van der Waals surface area contributed by atoms with Crippen molar-refractivity contribution < 1.29 is 14.7 Å². The van der Waals surface area contributed by atoms with Gasteiger partial charge in [-0.25, -0.2) is 0 Å². The van der Waals surface area contributed by atoms with E-state index in [1.165, 1.54) is 16.9 Å². The van der Waals surface area contributed by atoms with E-state index in [0.29, 0.717) is 26.9 Å². The molecule has 11 heteroatoms. The molecule has 146 valence electrons. The number of carboxylic acids is 1. The van der Waals surface area contributed by atoms with Crippen LogP contribution in [-0.2, 0) is 17.9 Å². The Morgan fingerprint density at radius 3 is 2.75 bits per heavy atom. The van der Waals surface area contributed by atoms with Crippen LogP contribution in [0, 0.1) is 0 Å². The first-order valence-corrected chi connectivity index (χ1v) is 9.60. The molecular formula is C17H14BrCl2N5O3. The summed E-state index contributed by atoms with van der Waals surface area (Å²) < 4.78 is 3.54. The number of carbonyl (C=O) groups is 2. The maximum absolute atomic E-state index is 12.5. The lowest BCUT2D eigenvalue weighted by Crippen LogP contribution is -2.19. The second kappa shape index (κ2) is 8.76.